The average Bonchev–Trinajstić information content (AvgIpc) is 2.57. The second-order valence-corrected chi connectivity index (χ2v) is 6.69. The molecule has 0 aliphatic rings. The Morgan fingerprint density at radius 2 is 1.76 bits per heavy atom. The number of ketones is 1. The Bertz CT molecular complexity index is 746. The van der Waals surface area contributed by atoms with Gasteiger partial charge in [0.2, 0.25) is 17.2 Å². The van der Waals surface area contributed by atoms with Crippen LogP contribution in [0.25, 0.3) is 0 Å². The lowest BCUT2D eigenvalue weighted by molar-refractivity contribution is -0.209. The Morgan fingerprint density at radius 1 is 1.20 bits per heavy atom. The SMILES string of the molecule is CCC(=O)N(OC)[C@@](CCS(=O)(=O)O)(C(=O)O)C(=O)c1ccccc1. The molecule has 0 aliphatic carbocycles. The van der Waals surface area contributed by atoms with E-state index in [1.54, 1.807) is 6.07 Å². The third kappa shape index (κ3) is 4.62. The zero-order valence-electron chi connectivity index (χ0n) is 13.7. The summed E-state index contributed by atoms with van der Waals surface area (Å²) in [5.41, 5.74) is -2.69. The van der Waals surface area contributed by atoms with E-state index in [0.29, 0.717) is 5.06 Å². The number of hydrogen-bond acceptors (Lipinski definition) is 6. The van der Waals surface area contributed by atoms with Gasteiger partial charge in [-0.3, -0.25) is 19.0 Å². The first kappa shape index (κ1) is 20.7. The lowest BCUT2D eigenvalue weighted by atomic mass is 9.85. The zero-order valence-corrected chi connectivity index (χ0v) is 14.5. The van der Waals surface area contributed by atoms with Crippen LogP contribution in [0.15, 0.2) is 30.3 Å². The summed E-state index contributed by atoms with van der Waals surface area (Å²) in [5.74, 6) is -4.68. The summed E-state index contributed by atoms with van der Waals surface area (Å²) in [6.07, 6.45) is -1.06. The Hall–Kier alpha value is -2.30. The molecule has 0 spiro atoms. The van der Waals surface area contributed by atoms with E-state index in [4.69, 9.17) is 9.39 Å². The molecule has 138 valence electrons. The summed E-state index contributed by atoms with van der Waals surface area (Å²) < 4.78 is 31.2. The number of hydroxylamine groups is 2. The van der Waals surface area contributed by atoms with Crippen molar-refractivity contribution in [3.8, 4) is 0 Å². The highest BCUT2D eigenvalue weighted by molar-refractivity contribution is 7.85. The summed E-state index contributed by atoms with van der Waals surface area (Å²) in [7, 11) is -3.59. The van der Waals surface area contributed by atoms with Gasteiger partial charge < -0.3 is 5.11 Å². The summed E-state index contributed by atoms with van der Waals surface area (Å²) in [4.78, 5) is 41.9. The molecule has 1 rings (SSSR count). The number of benzene rings is 1. The first-order valence-corrected chi connectivity index (χ1v) is 8.86. The molecular weight excluding hydrogens is 354 g/mol. The number of hydrogen-bond donors (Lipinski definition) is 2. The van der Waals surface area contributed by atoms with Crippen LogP contribution in [0.2, 0.25) is 0 Å². The van der Waals surface area contributed by atoms with Gasteiger partial charge in [0.25, 0.3) is 10.1 Å². The maximum Gasteiger partial charge on any atom is 0.340 e. The highest BCUT2D eigenvalue weighted by Gasteiger charge is 2.54. The normalized spacial score (nSPS) is 13.7. The largest absolute Gasteiger partial charge is 0.479 e. The molecule has 0 aromatic heterocycles. The highest BCUT2D eigenvalue weighted by Crippen LogP contribution is 2.28. The number of carboxylic acid groups (broad SMARTS) is 1. The van der Waals surface area contributed by atoms with Crippen LogP contribution >= 0.6 is 0 Å². The van der Waals surface area contributed by atoms with Crippen molar-refractivity contribution < 1.29 is 37.3 Å². The fraction of sp³-hybridized carbons (Fsp3) is 0.400. The van der Waals surface area contributed by atoms with Crippen molar-refractivity contribution in [2.45, 2.75) is 25.3 Å². The molecule has 0 saturated carbocycles. The molecule has 1 atom stereocenters. The molecule has 25 heavy (non-hydrogen) atoms. The molecular formula is C15H19NO8S. The van der Waals surface area contributed by atoms with Gasteiger partial charge in [0, 0.05) is 18.4 Å². The predicted molar refractivity (Wildman–Crippen MR) is 86.3 cm³/mol. The Labute approximate surface area is 144 Å². The number of amides is 1. The molecule has 0 heterocycles. The monoisotopic (exact) mass is 373 g/mol. The molecule has 0 saturated heterocycles. The van der Waals surface area contributed by atoms with Gasteiger partial charge in [-0.2, -0.15) is 13.5 Å². The number of carbonyl (C=O) groups is 3. The zero-order chi connectivity index (χ0) is 19.3. The molecule has 1 aromatic rings. The molecule has 0 fully saturated rings. The second kappa shape index (κ2) is 8.19. The molecule has 9 nitrogen and oxygen atoms in total. The maximum absolute atomic E-state index is 12.9. The van der Waals surface area contributed by atoms with E-state index in [9.17, 15) is 27.9 Å². The van der Waals surface area contributed by atoms with Crippen molar-refractivity contribution in [2.75, 3.05) is 12.9 Å². The van der Waals surface area contributed by atoms with Crippen molar-refractivity contribution in [1.29, 1.82) is 0 Å². The first-order chi connectivity index (χ1) is 11.6. The lowest BCUT2D eigenvalue weighted by Gasteiger charge is -2.37. The van der Waals surface area contributed by atoms with Crippen LogP contribution in [0, 0.1) is 0 Å². The minimum absolute atomic E-state index is 0.0498. The molecule has 0 unspecified atom stereocenters. The van der Waals surface area contributed by atoms with Gasteiger partial charge >= 0.3 is 5.97 Å². The van der Waals surface area contributed by atoms with Crippen LogP contribution in [0.1, 0.15) is 30.1 Å². The standard InChI is InChI=1S/C15H19NO8S/c1-3-12(17)16(24-2)15(14(19)20,9-10-25(21,22)23)13(18)11-7-5-4-6-8-11/h4-8H,3,9-10H2,1-2H3,(H,19,20)(H,21,22,23)/t15-/m1/s1. The van der Waals surface area contributed by atoms with Crippen LogP contribution in [0.4, 0.5) is 0 Å². The smallest absolute Gasteiger partial charge is 0.340 e. The minimum Gasteiger partial charge on any atom is -0.479 e. The molecule has 1 amide bonds. The second-order valence-electron chi connectivity index (χ2n) is 5.12. The van der Waals surface area contributed by atoms with E-state index in [0.717, 1.165) is 7.11 Å². The number of aliphatic carboxylic acids is 1. The maximum atomic E-state index is 12.9. The highest BCUT2D eigenvalue weighted by atomic mass is 32.2. The molecule has 2 N–H and O–H groups in total. The van der Waals surface area contributed by atoms with E-state index in [1.165, 1.54) is 31.2 Å². The van der Waals surface area contributed by atoms with Crippen LogP contribution in [0.5, 0.6) is 0 Å². The summed E-state index contributed by atoms with van der Waals surface area (Å²) >= 11 is 0. The van der Waals surface area contributed by atoms with Gasteiger partial charge in [0.15, 0.2) is 0 Å². The van der Waals surface area contributed by atoms with E-state index < -0.39 is 45.5 Å². The summed E-state index contributed by atoms with van der Waals surface area (Å²) in [5, 5.41) is 10.1. The third-order valence-corrected chi connectivity index (χ3v) is 4.27. The minimum atomic E-state index is -4.59. The van der Waals surface area contributed by atoms with Gasteiger partial charge in [-0.1, -0.05) is 37.3 Å². The van der Waals surface area contributed by atoms with Crippen LogP contribution in [0.3, 0.4) is 0 Å². The Morgan fingerprint density at radius 3 is 2.16 bits per heavy atom. The van der Waals surface area contributed by atoms with Crippen LogP contribution in [-0.4, -0.2) is 59.2 Å². The molecule has 1 aromatic carbocycles. The van der Waals surface area contributed by atoms with Gasteiger partial charge in [-0.05, 0) is 0 Å². The quantitative estimate of drug-likeness (QED) is 0.280. The van der Waals surface area contributed by atoms with Crippen molar-refractivity contribution in [2.24, 2.45) is 0 Å². The topological polar surface area (TPSA) is 138 Å². The van der Waals surface area contributed by atoms with E-state index >= 15 is 0 Å². The number of carboxylic acids is 1. The van der Waals surface area contributed by atoms with Crippen molar-refractivity contribution in [3.05, 3.63) is 35.9 Å². The predicted octanol–water partition coefficient (Wildman–Crippen LogP) is 0.771. The van der Waals surface area contributed by atoms with E-state index in [2.05, 4.69) is 0 Å². The lowest BCUT2D eigenvalue weighted by Crippen LogP contribution is -2.62. The van der Waals surface area contributed by atoms with Gasteiger partial charge in [0.1, 0.15) is 0 Å². The first-order valence-electron chi connectivity index (χ1n) is 7.25. The fourth-order valence-electron chi connectivity index (χ4n) is 2.32. The van der Waals surface area contributed by atoms with Gasteiger partial charge in [-0.15, -0.1) is 0 Å². The van der Waals surface area contributed by atoms with E-state index in [-0.39, 0.29) is 12.0 Å². The summed E-state index contributed by atoms with van der Waals surface area (Å²) in [6, 6.07) is 7.24. The van der Waals surface area contributed by atoms with Gasteiger partial charge in [0.05, 0.1) is 12.9 Å². The Balaban J connectivity index is 3.57. The van der Waals surface area contributed by atoms with Crippen LogP contribution in [-0.2, 0) is 24.5 Å². The molecule has 0 bridgehead atoms. The number of Topliss-reactive ketones (excluding diaryl/α,β-unsaturated/α-hetero) is 1. The van der Waals surface area contributed by atoms with E-state index in [1.807, 2.05) is 0 Å². The molecule has 10 heteroatoms. The number of carbonyl (C=O) groups excluding carboxylic acids is 2. The third-order valence-electron chi connectivity index (χ3n) is 3.55. The number of nitrogens with zero attached hydrogens (tertiary/aromatic N) is 1. The van der Waals surface area contributed by atoms with Gasteiger partial charge in [-0.25, -0.2) is 4.79 Å². The van der Waals surface area contributed by atoms with Crippen molar-refractivity contribution in [3.63, 3.8) is 0 Å². The molecule has 0 radical (unpaired) electrons. The average molecular weight is 373 g/mol. The van der Waals surface area contributed by atoms with Crippen molar-refractivity contribution >= 4 is 27.8 Å². The number of rotatable bonds is 9. The summed E-state index contributed by atoms with van der Waals surface area (Å²) in [6.45, 7) is 1.43. The van der Waals surface area contributed by atoms with Crippen molar-refractivity contribution in [1.82, 2.24) is 5.06 Å². The van der Waals surface area contributed by atoms with Crippen LogP contribution < -0.4 is 0 Å². The fourth-order valence-corrected chi connectivity index (χ4v) is 2.87. The molecule has 0 aliphatic heterocycles. The Kier molecular flexibility index (Phi) is 6.79.